The van der Waals surface area contributed by atoms with Crippen LogP contribution in [0, 0.1) is 6.92 Å². The zero-order valence-corrected chi connectivity index (χ0v) is 9.34. The van der Waals surface area contributed by atoms with Gasteiger partial charge in [0.2, 0.25) is 0 Å². The van der Waals surface area contributed by atoms with Gasteiger partial charge in [-0.2, -0.15) is 0 Å². The second-order valence-corrected chi connectivity index (χ2v) is 3.73. The fraction of sp³-hybridized carbons (Fsp3) is 0.583. The number of Topliss-reactive ketones (excluding diaryl/α,β-unsaturated/α-hetero) is 1. The maximum absolute atomic E-state index is 11.6. The van der Waals surface area contributed by atoms with Crippen LogP contribution in [0.3, 0.4) is 0 Å². The molecule has 1 aromatic heterocycles. The van der Waals surface area contributed by atoms with Crippen molar-refractivity contribution in [2.75, 3.05) is 0 Å². The highest BCUT2D eigenvalue weighted by Crippen LogP contribution is 2.11. The molecule has 0 unspecified atom stereocenters. The summed E-state index contributed by atoms with van der Waals surface area (Å²) in [7, 11) is 0. The van der Waals surface area contributed by atoms with Gasteiger partial charge in [-0.3, -0.25) is 4.79 Å². The fourth-order valence-electron chi connectivity index (χ4n) is 1.59. The molecule has 0 aliphatic heterocycles. The fourth-order valence-corrected chi connectivity index (χ4v) is 1.59. The second-order valence-electron chi connectivity index (χ2n) is 3.73. The molecule has 1 aromatic rings. The Kier molecular flexibility index (Phi) is 3.93. The topological polar surface area (TPSA) is 22.0 Å². The maximum Gasteiger partial charge on any atom is 0.178 e. The minimum atomic E-state index is 0.245. The monoisotopic (exact) mass is 193 g/mol. The molecule has 1 rings (SSSR count). The first-order valence-electron chi connectivity index (χ1n) is 5.39. The summed E-state index contributed by atoms with van der Waals surface area (Å²) in [6, 6.07) is 1.99. The third kappa shape index (κ3) is 2.47. The van der Waals surface area contributed by atoms with Gasteiger partial charge in [-0.15, -0.1) is 0 Å². The molecule has 78 valence electrons. The van der Waals surface area contributed by atoms with Crippen LogP contribution in [-0.4, -0.2) is 10.4 Å². The lowest BCUT2D eigenvalue weighted by atomic mass is 10.2. The van der Waals surface area contributed by atoms with E-state index in [0.29, 0.717) is 6.42 Å². The van der Waals surface area contributed by atoms with Crippen molar-refractivity contribution in [2.45, 2.75) is 46.6 Å². The lowest BCUT2D eigenvalue weighted by molar-refractivity contribution is 0.0979. The zero-order valence-electron chi connectivity index (χ0n) is 9.34. The largest absolute Gasteiger partial charge is 0.345 e. The second kappa shape index (κ2) is 4.99. The molecule has 0 bridgehead atoms. The summed E-state index contributed by atoms with van der Waals surface area (Å²) >= 11 is 0. The van der Waals surface area contributed by atoms with Crippen LogP contribution in [0.4, 0.5) is 0 Å². The average molecular weight is 193 g/mol. The van der Waals surface area contributed by atoms with Crippen molar-refractivity contribution in [1.29, 1.82) is 0 Å². The number of rotatable bonds is 5. The first-order valence-corrected chi connectivity index (χ1v) is 5.39. The van der Waals surface area contributed by atoms with Crippen molar-refractivity contribution in [3.05, 3.63) is 23.5 Å². The van der Waals surface area contributed by atoms with Gasteiger partial charge in [0.25, 0.3) is 0 Å². The number of aromatic nitrogens is 1. The molecule has 0 saturated carbocycles. The normalized spacial score (nSPS) is 10.5. The number of carbonyl (C=O) groups is 1. The van der Waals surface area contributed by atoms with Crippen LogP contribution >= 0.6 is 0 Å². The molecular weight excluding hydrogens is 174 g/mol. The first-order chi connectivity index (χ1) is 6.69. The highest BCUT2D eigenvalue weighted by Gasteiger charge is 2.09. The standard InChI is InChI=1S/C12H19NO/c1-4-6-7-13-9-10(3)8-11(13)12(14)5-2/h8-9H,4-7H2,1-3H3. The van der Waals surface area contributed by atoms with Gasteiger partial charge < -0.3 is 4.57 Å². The summed E-state index contributed by atoms with van der Waals surface area (Å²) in [5.41, 5.74) is 2.05. The summed E-state index contributed by atoms with van der Waals surface area (Å²) in [4.78, 5) is 11.6. The molecular formula is C12H19NO. The van der Waals surface area contributed by atoms with Crippen LogP contribution in [0.15, 0.2) is 12.3 Å². The van der Waals surface area contributed by atoms with Gasteiger partial charge in [-0.1, -0.05) is 20.3 Å². The van der Waals surface area contributed by atoms with Crippen LogP contribution in [0.2, 0.25) is 0 Å². The molecule has 1 heterocycles. The van der Waals surface area contributed by atoms with Crippen LogP contribution in [0.1, 0.15) is 49.2 Å². The minimum Gasteiger partial charge on any atom is -0.345 e. The summed E-state index contributed by atoms with van der Waals surface area (Å²) in [5.74, 6) is 0.245. The van der Waals surface area contributed by atoms with Crippen LogP contribution < -0.4 is 0 Å². The van der Waals surface area contributed by atoms with Crippen molar-refractivity contribution in [1.82, 2.24) is 4.57 Å². The molecule has 0 atom stereocenters. The molecule has 0 aliphatic carbocycles. The molecule has 0 saturated heterocycles. The number of nitrogens with zero attached hydrogens (tertiary/aromatic N) is 1. The molecule has 2 heteroatoms. The predicted octanol–water partition coefficient (Wildman–Crippen LogP) is 3.19. The summed E-state index contributed by atoms with van der Waals surface area (Å²) in [6.45, 7) is 7.08. The maximum atomic E-state index is 11.6. The quantitative estimate of drug-likeness (QED) is 0.658. The molecule has 0 N–H and O–H groups in total. The predicted molar refractivity (Wildman–Crippen MR) is 58.7 cm³/mol. The number of hydrogen-bond donors (Lipinski definition) is 0. The van der Waals surface area contributed by atoms with E-state index in [1.807, 2.05) is 19.9 Å². The van der Waals surface area contributed by atoms with Gasteiger partial charge in [0.1, 0.15) is 0 Å². The summed E-state index contributed by atoms with van der Waals surface area (Å²) < 4.78 is 2.09. The molecule has 0 spiro atoms. The van der Waals surface area contributed by atoms with Crippen molar-refractivity contribution < 1.29 is 4.79 Å². The molecule has 0 radical (unpaired) electrons. The van der Waals surface area contributed by atoms with E-state index in [-0.39, 0.29) is 5.78 Å². The van der Waals surface area contributed by atoms with Gasteiger partial charge in [-0.25, -0.2) is 0 Å². The van der Waals surface area contributed by atoms with Gasteiger partial charge in [0.05, 0.1) is 5.69 Å². The van der Waals surface area contributed by atoms with E-state index in [2.05, 4.69) is 17.7 Å². The SMILES string of the molecule is CCCCn1cc(C)cc1C(=O)CC. The van der Waals surface area contributed by atoms with E-state index in [9.17, 15) is 4.79 Å². The van der Waals surface area contributed by atoms with E-state index in [1.165, 1.54) is 5.56 Å². The van der Waals surface area contributed by atoms with E-state index >= 15 is 0 Å². The highest BCUT2D eigenvalue weighted by atomic mass is 16.1. The molecule has 0 aliphatic rings. The Hall–Kier alpha value is -1.05. The first kappa shape index (κ1) is 11.0. The molecule has 2 nitrogen and oxygen atoms in total. The Bertz CT molecular complexity index is 312. The number of ketones is 1. The number of unbranched alkanes of at least 4 members (excludes halogenated alkanes) is 1. The van der Waals surface area contributed by atoms with E-state index in [4.69, 9.17) is 0 Å². The van der Waals surface area contributed by atoms with Crippen molar-refractivity contribution >= 4 is 5.78 Å². The van der Waals surface area contributed by atoms with Gasteiger partial charge in [0.15, 0.2) is 5.78 Å². The van der Waals surface area contributed by atoms with Gasteiger partial charge in [-0.05, 0) is 25.0 Å². The zero-order chi connectivity index (χ0) is 10.6. The lowest BCUT2D eigenvalue weighted by Gasteiger charge is -2.05. The van der Waals surface area contributed by atoms with Crippen molar-refractivity contribution in [2.24, 2.45) is 0 Å². The average Bonchev–Trinajstić information content (AvgIpc) is 2.55. The molecule has 0 amide bonds. The van der Waals surface area contributed by atoms with Crippen LogP contribution in [0.5, 0.6) is 0 Å². The number of hydrogen-bond acceptors (Lipinski definition) is 1. The molecule has 14 heavy (non-hydrogen) atoms. The summed E-state index contributed by atoms with van der Waals surface area (Å²) in [6.07, 6.45) is 4.96. The number of aryl methyl sites for hydroxylation is 2. The Morgan fingerprint density at radius 3 is 2.71 bits per heavy atom. The Morgan fingerprint density at radius 2 is 2.14 bits per heavy atom. The van der Waals surface area contributed by atoms with Gasteiger partial charge >= 0.3 is 0 Å². The summed E-state index contributed by atoms with van der Waals surface area (Å²) in [5, 5.41) is 0. The van der Waals surface area contributed by atoms with E-state index in [0.717, 1.165) is 25.1 Å². The lowest BCUT2D eigenvalue weighted by Crippen LogP contribution is -2.07. The molecule has 0 aromatic carbocycles. The van der Waals surface area contributed by atoms with Crippen LogP contribution in [-0.2, 0) is 6.54 Å². The van der Waals surface area contributed by atoms with E-state index in [1.54, 1.807) is 0 Å². The van der Waals surface area contributed by atoms with Crippen LogP contribution in [0.25, 0.3) is 0 Å². The number of carbonyl (C=O) groups excluding carboxylic acids is 1. The third-order valence-electron chi connectivity index (χ3n) is 2.39. The Labute approximate surface area is 85.9 Å². The minimum absolute atomic E-state index is 0.245. The smallest absolute Gasteiger partial charge is 0.178 e. The van der Waals surface area contributed by atoms with Gasteiger partial charge in [0, 0.05) is 19.2 Å². The third-order valence-corrected chi connectivity index (χ3v) is 2.39. The Morgan fingerprint density at radius 1 is 1.43 bits per heavy atom. The van der Waals surface area contributed by atoms with Crippen molar-refractivity contribution in [3.63, 3.8) is 0 Å². The molecule has 0 fully saturated rings. The van der Waals surface area contributed by atoms with Crippen molar-refractivity contribution in [3.8, 4) is 0 Å². The van der Waals surface area contributed by atoms with E-state index < -0.39 is 0 Å². The highest BCUT2D eigenvalue weighted by molar-refractivity contribution is 5.94. The Balaban J connectivity index is 2.85.